The zero-order valence-corrected chi connectivity index (χ0v) is 9.29. The molecule has 4 heteroatoms. The van der Waals surface area contributed by atoms with Crippen LogP contribution in [0.1, 0.15) is 33.6 Å². The van der Waals surface area contributed by atoms with Crippen LogP contribution in [-0.2, 0) is 4.79 Å². The van der Waals surface area contributed by atoms with Crippen molar-refractivity contribution in [3.8, 4) is 0 Å². The summed E-state index contributed by atoms with van der Waals surface area (Å²) in [5, 5.41) is 12.3. The van der Waals surface area contributed by atoms with Crippen LogP contribution in [0.25, 0.3) is 0 Å². The Hall–Kier alpha value is -0.610. The van der Waals surface area contributed by atoms with Crippen LogP contribution in [0.15, 0.2) is 0 Å². The molecule has 0 spiro atoms. The van der Waals surface area contributed by atoms with Crippen molar-refractivity contribution in [2.24, 2.45) is 11.7 Å². The fourth-order valence-electron chi connectivity index (χ4n) is 1.37. The van der Waals surface area contributed by atoms with Crippen LogP contribution in [0, 0.1) is 5.92 Å². The van der Waals surface area contributed by atoms with E-state index in [2.05, 4.69) is 5.32 Å². The highest BCUT2D eigenvalue weighted by molar-refractivity contribution is 5.80. The van der Waals surface area contributed by atoms with Gasteiger partial charge in [-0.1, -0.05) is 26.7 Å². The maximum atomic E-state index is 11.1. The summed E-state index contributed by atoms with van der Waals surface area (Å²) in [4.78, 5) is 11.1. The SMILES string of the molecule is CCC(CC)C(O)CNC(=O)C(C)N. The molecule has 0 rings (SSSR count). The predicted octanol–water partition coefficient (Wildman–Crippen LogP) is 0.247. The molecule has 0 aromatic carbocycles. The lowest BCUT2D eigenvalue weighted by Crippen LogP contribution is -2.43. The Balaban J connectivity index is 3.83. The highest BCUT2D eigenvalue weighted by Crippen LogP contribution is 2.11. The van der Waals surface area contributed by atoms with E-state index < -0.39 is 12.1 Å². The van der Waals surface area contributed by atoms with E-state index in [0.29, 0.717) is 6.54 Å². The maximum absolute atomic E-state index is 11.1. The van der Waals surface area contributed by atoms with Crippen molar-refractivity contribution in [3.63, 3.8) is 0 Å². The fourth-order valence-corrected chi connectivity index (χ4v) is 1.37. The first-order valence-electron chi connectivity index (χ1n) is 5.24. The summed E-state index contributed by atoms with van der Waals surface area (Å²) in [6, 6.07) is -0.510. The highest BCUT2D eigenvalue weighted by atomic mass is 16.3. The molecule has 0 aliphatic carbocycles. The Morgan fingerprint density at radius 2 is 1.93 bits per heavy atom. The van der Waals surface area contributed by atoms with Gasteiger partial charge in [0.05, 0.1) is 12.1 Å². The second-order valence-electron chi connectivity index (χ2n) is 3.68. The average Bonchev–Trinajstić information content (AvgIpc) is 2.15. The first-order valence-corrected chi connectivity index (χ1v) is 5.24. The van der Waals surface area contributed by atoms with Gasteiger partial charge < -0.3 is 16.2 Å². The van der Waals surface area contributed by atoms with Crippen molar-refractivity contribution < 1.29 is 9.90 Å². The third-order valence-electron chi connectivity index (χ3n) is 2.49. The minimum Gasteiger partial charge on any atom is -0.391 e. The van der Waals surface area contributed by atoms with E-state index in [1.807, 2.05) is 13.8 Å². The molecule has 2 atom stereocenters. The fraction of sp³-hybridized carbons (Fsp3) is 0.900. The minimum absolute atomic E-state index is 0.213. The number of hydrogen-bond acceptors (Lipinski definition) is 3. The van der Waals surface area contributed by atoms with Crippen molar-refractivity contribution in [1.82, 2.24) is 5.32 Å². The highest BCUT2D eigenvalue weighted by Gasteiger charge is 2.16. The summed E-state index contributed by atoms with van der Waals surface area (Å²) in [7, 11) is 0. The van der Waals surface area contributed by atoms with Crippen LogP contribution < -0.4 is 11.1 Å². The van der Waals surface area contributed by atoms with Gasteiger partial charge in [0.2, 0.25) is 5.91 Å². The molecule has 0 aromatic rings. The summed E-state index contributed by atoms with van der Waals surface area (Å²) in [5.74, 6) is 0.0402. The van der Waals surface area contributed by atoms with Crippen LogP contribution in [0.3, 0.4) is 0 Å². The number of nitrogens with one attached hydrogen (secondary N) is 1. The van der Waals surface area contributed by atoms with E-state index in [0.717, 1.165) is 12.8 Å². The van der Waals surface area contributed by atoms with Gasteiger partial charge >= 0.3 is 0 Å². The molecule has 0 heterocycles. The van der Waals surface area contributed by atoms with Gasteiger partial charge in [0.15, 0.2) is 0 Å². The lowest BCUT2D eigenvalue weighted by molar-refractivity contribution is -0.122. The largest absolute Gasteiger partial charge is 0.391 e. The Kier molecular flexibility index (Phi) is 6.49. The molecule has 1 amide bonds. The summed E-state index contributed by atoms with van der Waals surface area (Å²) >= 11 is 0. The van der Waals surface area contributed by atoms with Gasteiger partial charge in [-0.05, 0) is 12.8 Å². The summed E-state index contributed by atoms with van der Waals surface area (Å²) in [5.41, 5.74) is 5.37. The lowest BCUT2D eigenvalue weighted by Gasteiger charge is -2.20. The molecule has 4 nitrogen and oxygen atoms in total. The number of hydrogen-bond donors (Lipinski definition) is 3. The first-order chi connectivity index (χ1) is 6.52. The molecule has 0 fully saturated rings. The molecule has 0 aromatic heterocycles. The van der Waals surface area contributed by atoms with E-state index in [1.54, 1.807) is 6.92 Å². The predicted molar refractivity (Wildman–Crippen MR) is 56.7 cm³/mol. The molecule has 0 aliphatic heterocycles. The molecular formula is C10H22N2O2. The van der Waals surface area contributed by atoms with E-state index in [1.165, 1.54) is 0 Å². The van der Waals surface area contributed by atoms with Crippen molar-refractivity contribution in [1.29, 1.82) is 0 Å². The Labute approximate surface area is 85.9 Å². The summed E-state index contributed by atoms with van der Waals surface area (Å²) in [6.07, 6.45) is 1.38. The van der Waals surface area contributed by atoms with Gasteiger partial charge in [-0.15, -0.1) is 0 Å². The van der Waals surface area contributed by atoms with Gasteiger partial charge in [0.1, 0.15) is 0 Å². The van der Waals surface area contributed by atoms with Gasteiger partial charge in [-0.2, -0.15) is 0 Å². The molecule has 4 N–H and O–H groups in total. The number of nitrogens with two attached hydrogens (primary N) is 1. The topological polar surface area (TPSA) is 75.3 Å². The zero-order valence-electron chi connectivity index (χ0n) is 9.29. The molecule has 14 heavy (non-hydrogen) atoms. The lowest BCUT2D eigenvalue weighted by atomic mass is 9.96. The summed E-state index contributed by atoms with van der Waals surface area (Å²) in [6.45, 7) is 5.99. The van der Waals surface area contributed by atoms with E-state index in [9.17, 15) is 9.90 Å². The molecule has 0 bridgehead atoms. The average molecular weight is 202 g/mol. The standard InChI is InChI=1S/C10H22N2O2/c1-4-8(5-2)9(13)6-12-10(14)7(3)11/h7-9,13H,4-6,11H2,1-3H3,(H,12,14). The smallest absolute Gasteiger partial charge is 0.236 e. The van der Waals surface area contributed by atoms with Crippen LogP contribution in [0.4, 0.5) is 0 Å². The van der Waals surface area contributed by atoms with Crippen molar-refractivity contribution in [3.05, 3.63) is 0 Å². The maximum Gasteiger partial charge on any atom is 0.236 e. The second kappa shape index (κ2) is 6.79. The second-order valence-corrected chi connectivity index (χ2v) is 3.68. The van der Waals surface area contributed by atoms with E-state index in [-0.39, 0.29) is 11.8 Å². The normalized spacial score (nSPS) is 15.3. The first kappa shape index (κ1) is 13.4. The molecule has 0 radical (unpaired) electrons. The Morgan fingerprint density at radius 3 is 2.29 bits per heavy atom. The van der Waals surface area contributed by atoms with E-state index >= 15 is 0 Å². The third kappa shape index (κ3) is 4.58. The number of aliphatic hydroxyl groups excluding tert-OH is 1. The summed E-state index contributed by atoms with van der Waals surface area (Å²) < 4.78 is 0. The van der Waals surface area contributed by atoms with Crippen LogP contribution in [0.5, 0.6) is 0 Å². The van der Waals surface area contributed by atoms with Crippen molar-refractivity contribution >= 4 is 5.91 Å². The third-order valence-corrected chi connectivity index (χ3v) is 2.49. The monoisotopic (exact) mass is 202 g/mol. The molecule has 0 aliphatic rings. The number of rotatable bonds is 6. The van der Waals surface area contributed by atoms with Gasteiger partial charge in [-0.3, -0.25) is 4.79 Å². The van der Waals surface area contributed by atoms with Crippen LogP contribution in [0.2, 0.25) is 0 Å². The molecule has 0 saturated carbocycles. The zero-order chi connectivity index (χ0) is 11.1. The Bertz CT molecular complexity index is 168. The quantitative estimate of drug-likeness (QED) is 0.578. The van der Waals surface area contributed by atoms with Crippen LogP contribution >= 0.6 is 0 Å². The van der Waals surface area contributed by atoms with E-state index in [4.69, 9.17) is 5.73 Å². The minimum atomic E-state index is -0.510. The number of aliphatic hydroxyl groups is 1. The molecule has 84 valence electrons. The molecular weight excluding hydrogens is 180 g/mol. The van der Waals surface area contributed by atoms with Crippen molar-refractivity contribution in [2.75, 3.05) is 6.54 Å². The molecule has 2 unspecified atom stereocenters. The van der Waals surface area contributed by atoms with Crippen molar-refractivity contribution in [2.45, 2.75) is 45.8 Å². The number of amides is 1. The molecule has 0 saturated heterocycles. The van der Waals surface area contributed by atoms with Gasteiger partial charge in [0, 0.05) is 6.54 Å². The van der Waals surface area contributed by atoms with Crippen LogP contribution in [-0.4, -0.2) is 29.7 Å². The van der Waals surface area contributed by atoms with Gasteiger partial charge in [0.25, 0.3) is 0 Å². The number of carbonyl (C=O) groups is 1. The van der Waals surface area contributed by atoms with Gasteiger partial charge in [-0.25, -0.2) is 0 Å². The Morgan fingerprint density at radius 1 is 1.43 bits per heavy atom. The number of carbonyl (C=O) groups excluding carboxylic acids is 1.